The Bertz CT molecular complexity index is 467. The quantitative estimate of drug-likeness (QED) is 0.825. The number of carbonyl (C=O) groups excluding carboxylic acids is 1. The maximum atomic E-state index is 12.4. The van der Waals surface area contributed by atoms with Gasteiger partial charge in [0.15, 0.2) is 0 Å². The number of methoxy groups -OCH3 is 1. The van der Waals surface area contributed by atoms with Gasteiger partial charge in [0.05, 0.1) is 0 Å². The molecule has 1 aliphatic carbocycles. The van der Waals surface area contributed by atoms with Crippen LogP contribution in [-0.4, -0.2) is 31.1 Å². The molecule has 2 aliphatic rings. The number of carbonyl (C=O) groups is 1. The van der Waals surface area contributed by atoms with Crippen LogP contribution in [0.1, 0.15) is 31.2 Å². The third kappa shape index (κ3) is 2.73. The van der Waals surface area contributed by atoms with Gasteiger partial charge in [-0.25, -0.2) is 0 Å². The normalized spacial score (nSPS) is 24.1. The topological polar surface area (TPSA) is 29.5 Å². The van der Waals surface area contributed by atoms with Gasteiger partial charge in [0.1, 0.15) is 0 Å². The summed E-state index contributed by atoms with van der Waals surface area (Å²) < 4.78 is 5.24. The predicted octanol–water partition coefficient (Wildman–Crippen LogP) is 2.85. The van der Waals surface area contributed by atoms with Crippen molar-refractivity contribution >= 4 is 5.91 Å². The van der Waals surface area contributed by atoms with Crippen LogP contribution in [0.15, 0.2) is 30.3 Å². The van der Waals surface area contributed by atoms with E-state index in [4.69, 9.17) is 4.74 Å². The van der Waals surface area contributed by atoms with Gasteiger partial charge < -0.3 is 9.64 Å². The van der Waals surface area contributed by atoms with Crippen LogP contribution in [0.5, 0.6) is 0 Å². The lowest BCUT2D eigenvalue weighted by Gasteiger charge is -2.39. The number of amides is 1. The molecule has 0 bridgehead atoms. The summed E-state index contributed by atoms with van der Waals surface area (Å²) in [6.45, 7) is 2.45. The van der Waals surface area contributed by atoms with Gasteiger partial charge in [-0.05, 0) is 36.2 Å². The first-order valence-electron chi connectivity index (χ1n) is 7.54. The fourth-order valence-electron chi connectivity index (χ4n) is 3.48. The molecule has 3 heteroatoms. The molecule has 1 saturated heterocycles. The summed E-state index contributed by atoms with van der Waals surface area (Å²) in [7, 11) is 1.76. The predicted molar refractivity (Wildman–Crippen MR) is 78.1 cm³/mol. The molecule has 1 aromatic rings. The van der Waals surface area contributed by atoms with E-state index in [0.29, 0.717) is 17.2 Å². The van der Waals surface area contributed by atoms with Crippen LogP contribution < -0.4 is 0 Å². The summed E-state index contributed by atoms with van der Waals surface area (Å²) in [6.07, 6.45) is 4.28. The standard InChI is InChI=1S/C17H23NO2/c1-20-10-7-15-13-18(12-14-5-3-2-4-6-14)16(19)11-17(15)8-9-17/h2-6,15H,7-13H2,1H3. The molecule has 0 aromatic heterocycles. The summed E-state index contributed by atoms with van der Waals surface area (Å²) in [5.41, 5.74) is 1.54. The number of hydrogen-bond acceptors (Lipinski definition) is 2. The van der Waals surface area contributed by atoms with Crippen LogP contribution in [0.3, 0.4) is 0 Å². The summed E-state index contributed by atoms with van der Waals surface area (Å²) >= 11 is 0. The number of piperidine rings is 1. The Hall–Kier alpha value is -1.35. The van der Waals surface area contributed by atoms with Crippen molar-refractivity contribution in [1.29, 1.82) is 0 Å². The second-order valence-corrected chi connectivity index (χ2v) is 6.28. The lowest BCUT2D eigenvalue weighted by molar-refractivity contribution is -0.139. The van der Waals surface area contributed by atoms with Gasteiger partial charge in [0.2, 0.25) is 5.91 Å². The van der Waals surface area contributed by atoms with Crippen molar-refractivity contribution in [3.63, 3.8) is 0 Å². The zero-order chi connectivity index (χ0) is 14.0. The third-order valence-electron chi connectivity index (χ3n) is 4.94. The van der Waals surface area contributed by atoms with Crippen molar-refractivity contribution in [3.8, 4) is 0 Å². The minimum Gasteiger partial charge on any atom is -0.385 e. The minimum atomic E-state index is 0.322. The van der Waals surface area contributed by atoms with Crippen LogP contribution in [0.2, 0.25) is 0 Å². The molecule has 1 amide bonds. The number of benzene rings is 1. The second kappa shape index (κ2) is 5.57. The molecule has 1 spiro atoms. The highest BCUT2D eigenvalue weighted by Crippen LogP contribution is 2.58. The Morgan fingerprint density at radius 2 is 2.05 bits per heavy atom. The number of likely N-dealkylation sites (tertiary alicyclic amines) is 1. The van der Waals surface area contributed by atoms with Crippen molar-refractivity contribution in [2.75, 3.05) is 20.3 Å². The molecule has 20 heavy (non-hydrogen) atoms. The van der Waals surface area contributed by atoms with Crippen molar-refractivity contribution in [1.82, 2.24) is 4.90 Å². The van der Waals surface area contributed by atoms with E-state index in [-0.39, 0.29) is 0 Å². The highest BCUT2D eigenvalue weighted by Gasteiger charge is 2.53. The zero-order valence-corrected chi connectivity index (χ0v) is 12.2. The maximum Gasteiger partial charge on any atom is 0.223 e. The van der Waals surface area contributed by atoms with E-state index in [9.17, 15) is 4.79 Å². The fraction of sp³-hybridized carbons (Fsp3) is 0.588. The van der Waals surface area contributed by atoms with Gasteiger partial charge in [-0.1, -0.05) is 30.3 Å². The largest absolute Gasteiger partial charge is 0.385 e. The number of nitrogens with zero attached hydrogens (tertiary/aromatic N) is 1. The van der Waals surface area contributed by atoms with Crippen LogP contribution >= 0.6 is 0 Å². The molecular weight excluding hydrogens is 250 g/mol. The van der Waals surface area contributed by atoms with Crippen molar-refractivity contribution < 1.29 is 9.53 Å². The first-order chi connectivity index (χ1) is 9.73. The first kappa shape index (κ1) is 13.6. The lowest BCUT2D eigenvalue weighted by atomic mass is 9.80. The molecule has 1 atom stereocenters. The average Bonchev–Trinajstić information content (AvgIpc) is 3.22. The van der Waals surface area contributed by atoms with E-state index in [2.05, 4.69) is 12.1 Å². The summed E-state index contributed by atoms with van der Waals surface area (Å²) in [4.78, 5) is 14.4. The third-order valence-corrected chi connectivity index (χ3v) is 4.94. The first-order valence-corrected chi connectivity index (χ1v) is 7.54. The highest BCUT2D eigenvalue weighted by molar-refractivity contribution is 5.78. The molecule has 1 saturated carbocycles. The van der Waals surface area contributed by atoms with Crippen LogP contribution in [0, 0.1) is 11.3 Å². The zero-order valence-electron chi connectivity index (χ0n) is 12.2. The van der Waals surface area contributed by atoms with E-state index in [1.165, 1.54) is 18.4 Å². The van der Waals surface area contributed by atoms with E-state index in [0.717, 1.165) is 32.5 Å². The van der Waals surface area contributed by atoms with Gasteiger partial charge in [0, 0.05) is 33.2 Å². The Balaban J connectivity index is 1.67. The van der Waals surface area contributed by atoms with E-state index in [1.54, 1.807) is 7.11 Å². The Labute approximate surface area is 120 Å². The fourth-order valence-corrected chi connectivity index (χ4v) is 3.48. The smallest absolute Gasteiger partial charge is 0.223 e. The molecule has 1 heterocycles. The molecule has 3 nitrogen and oxygen atoms in total. The van der Waals surface area contributed by atoms with Gasteiger partial charge in [-0.3, -0.25) is 4.79 Å². The molecule has 3 rings (SSSR count). The molecule has 108 valence electrons. The van der Waals surface area contributed by atoms with E-state index < -0.39 is 0 Å². The Kier molecular flexibility index (Phi) is 3.79. The molecule has 1 aliphatic heterocycles. The van der Waals surface area contributed by atoms with Crippen molar-refractivity contribution in [2.45, 2.75) is 32.2 Å². The second-order valence-electron chi connectivity index (χ2n) is 6.28. The van der Waals surface area contributed by atoms with Gasteiger partial charge in [0.25, 0.3) is 0 Å². The van der Waals surface area contributed by atoms with Crippen molar-refractivity contribution in [3.05, 3.63) is 35.9 Å². The van der Waals surface area contributed by atoms with Gasteiger partial charge in [-0.15, -0.1) is 0 Å². The molecular formula is C17H23NO2. The van der Waals surface area contributed by atoms with Gasteiger partial charge in [-0.2, -0.15) is 0 Å². The molecule has 0 N–H and O–H groups in total. The Morgan fingerprint density at radius 3 is 2.70 bits per heavy atom. The SMILES string of the molecule is COCCC1CN(Cc2ccccc2)C(=O)CC12CC2. The summed E-state index contributed by atoms with van der Waals surface area (Å²) in [6, 6.07) is 10.3. The average molecular weight is 273 g/mol. The number of ether oxygens (including phenoxy) is 1. The van der Waals surface area contributed by atoms with Crippen LogP contribution in [-0.2, 0) is 16.1 Å². The number of hydrogen-bond donors (Lipinski definition) is 0. The van der Waals surface area contributed by atoms with E-state index in [1.807, 2.05) is 23.1 Å². The van der Waals surface area contributed by atoms with Crippen LogP contribution in [0.4, 0.5) is 0 Å². The molecule has 2 fully saturated rings. The summed E-state index contributed by atoms with van der Waals surface area (Å²) in [5.74, 6) is 0.948. The molecule has 1 unspecified atom stereocenters. The number of rotatable bonds is 5. The molecule has 1 aromatic carbocycles. The highest BCUT2D eigenvalue weighted by atomic mass is 16.5. The summed E-state index contributed by atoms with van der Waals surface area (Å²) in [5, 5.41) is 0. The van der Waals surface area contributed by atoms with Gasteiger partial charge >= 0.3 is 0 Å². The molecule has 0 radical (unpaired) electrons. The maximum absolute atomic E-state index is 12.4. The van der Waals surface area contributed by atoms with Crippen LogP contribution in [0.25, 0.3) is 0 Å². The monoisotopic (exact) mass is 273 g/mol. The van der Waals surface area contributed by atoms with Crippen molar-refractivity contribution in [2.24, 2.45) is 11.3 Å². The lowest BCUT2D eigenvalue weighted by Crippen LogP contribution is -2.45. The minimum absolute atomic E-state index is 0.322. The van der Waals surface area contributed by atoms with E-state index >= 15 is 0 Å². The Morgan fingerprint density at radius 1 is 1.30 bits per heavy atom.